The summed E-state index contributed by atoms with van der Waals surface area (Å²) in [6.45, 7) is 0. The number of nitrogens with one attached hydrogen (secondary N) is 2. The summed E-state index contributed by atoms with van der Waals surface area (Å²) >= 11 is 4.17. The third-order valence-corrected chi connectivity index (χ3v) is 4.36. The van der Waals surface area contributed by atoms with Gasteiger partial charge in [0.2, 0.25) is 0 Å². The van der Waals surface area contributed by atoms with Gasteiger partial charge in [0.15, 0.2) is 0 Å². The number of alkyl halides is 6. The van der Waals surface area contributed by atoms with Crippen LogP contribution in [0.15, 0.2) is 18.2 Å². The monoisotopic (exact) mass is 387 g/mol. The van der Waals surface area contributed by atoms with Crippen LogP contribution >= 0.6 is 12.6 Å². The molecule has 0 aliphatic heterocycles. The van der Waals surface area contributed by atoms with E-state index in [1.54, 1.807) is 0 Å². The summed E-state index contributed by atoms with van der Waals surface area (Å²) in [5.41, 5.74) is 2.06. The second-order valence-electron chi connectivity index (χ2n) is 6.06. The van der Waals surface area contributed by atoms with Crippen LogP contribution in [0.5, 0.6) is 0 Å². The molecular formula is C15H19F6N3S. The van der Waals surface area contributed by atoms with Crippen LogP contribution in [-0.2, 0) is 12.4 Å². The van der Waals surface area contributed by atoms with Crippen LogP contribution in [-0.4, -0.2) is 17.6 Å². The van der Waals surface area contributed by atoms with Crippen molar-refractivity contribution in [2.75, 3.05) is 5.32 Å². The topological polar surface area (TPSA) is 50.1 Å². The maximum Gasteiger partial charge on any atom is 0.416 e. The fourth-order valence-electron chi connectivity index (χ4n) is 2.81. The summed E-state index contributed by atoms with van der Waals surface area (Å²) in [5, 5.41) is 5.53. The van der Waals surface area contributed by atoms with Crippen LogP contribution in [0.3, 0.4) is 0 Å². The van der Waals surface area contributed by atoms with Crippen molar-refractivity contribution in [1.82, 2.24) is 5.32 Å². The quantitative estimate of drug-likeness (QED) is 0.356. The molecule has 0 amide bonds. The molecule has 2 rings (SSSR count). The molecule has 1 aromatic carbocycles. The van der Waals surface area contributed by atoms with Crippen LogP contribution < -0.4 is 16.4 Å². The Kier molecular flexibility index (Phi) is 6.16. The lowest BCUT2D eigenvalue weighted by Crippen LogP contribution is -2.51. The molecule has 4 N–H and O–H groups in total. The van der Waals surface area contributed by atoms with Crippen molar-refractivity contribution in [3.8, 4) is 0 Å². The highest BCUT2D eigenvalue weighted by atomic mass is 32.1. The average Bonchev–Trinajstić information content (AvgIpc) is 2.47. The highest BCUT2D eigenvalue weighted by Crippen LogP contribution is 2.37. The summed E-state index contributed by atoms with van der Waals surface area (Å²) in [6.07, 6.45) is -6.25. The lowest BCUT2D eigenvalue weighted by Gasteiger charge is -2.32. The van der Waals surface area contributed by atoms with Crippen molar-refractivity contribution in [3.05, 3.63) is 29.3 Å². The van der Waals surface area contributed by atoms with Gasteiger partial charge in [-0.15, -0.1) is 12.6 Å². The molecule has 0 saturated heterocycles. The van der Waals surface area contributed by atoms with Gasteiger partial charge >= 0.3 is 12.4 Å². The maximum atomic E-state index is 12.9. The fraction of sp³-hybridized carbons (Fsp3) is 0.600. The van der Waals surface area contributed by atoms with E-state index in [0.29, 0.717) is 12.1 Å². The van der Waals surface area contributed by atoms with E-state index in [9.17, 15) is 26.3 Å². The van der Waals surface area contributed by atoms with E-state index in [4.69, 9.17) is 5.73 Å². The molecular weight excluding hydrogens is 368 g/mol. The van der Waals surface area contributed by atoms with Gasteiger partial charge in [0, 0.05) is 17.8 Å². The van der Waals surface area contributed by atoms with Gasteiger partial charge in [-0.2, -0.15) is 26.3 Å². The Morgan fingerprint density at radius 3 is 1.96 bits per heavy atom. The standard InChI is InChI=1S/C15H19F6N3S/c16-14(17,18)8-5-9(15(19,20)21)7-10(6-8)23-13(25)24-12-4-2-1-3-11(12)22/h5-7,11-13,23-25H,1-4,22H2/t11-,12-,13?/m0/s1. The maximum absolute atomic E-state index is 12.9. The minimum Gasteiger partial charge on any atom is -0.361 e. The van der Waals surface area contributed by atoms with Crippen molar-refractivity contribution < 1.29 is 26.3 Å². The van der Waals surface area contributed by atoms with Gasteiger partial charge in [-0.25, -0.2) is 0 Å². The summed E-state index contributed by atoms with van der Waals surface area (Å²) in [6, 6.07) is 1.11. The second kappa shape index (κ2) is 7.63. The number of halogens is 6. The first-order chi connectivity index (χ1) is 11.5. The molecule has 3 atom stereocenters. The first kappa shape index (κ1) is 20.2. The molecule has 1 aliphatic rings. The summed E-state index contributed by atoms with van der Waals surface area (Å²) in [7, 11) is 0. The smallest absolute Gasteiger partial charge is 0.361 e. The van der Waals surface area contributed by atoms with Crippen LogP contribution in [0.1, 0.15) is 36.8 Å². The second-order valence-corrected chi connectivity index (χ2v) is 6.58. The number of benzene rings is 1. The highest BCUT2D eigenvalue weighted by Gasteiger charge is 2.37. The van der Waals surface area contributed by atoms with Crippen molar-refractivity contribution in [3.63, 3.8) is 0 Å². The molecule has 1 aliphatic carbocycles. The number of rotatable bonds is 4. The number of thiol groups is 1. The molecule has 3 nitrogen and oxygen atoms in total. The third-order valence-electron chi connectivity index (χ3n) is 4.08. The first-order valence-corrected chi connectivity index (χ1v) is 8.24. The molecule has 0 bridgehead atoms. The predicted octanol–water partition coefficient (Wildman–Crippen LogP) is 4.21. The predicted molar refractivity (Wildman–Crippen MR) is 86.2 cm³/mol. The van der Waals surface area contributed by atoms with E-state index in [-0.39, 0.29) is 23.8 Å². The third kappa shape index (κ3) is 5.68. The number of nitrogens with two attached hydrogens (primary N) is 1. The van der Waals surface area contributed by atoms with E-state index >= 15 is 0 Å². The van der Waals surface area contributed by atoms with Crippen LogP contribution in [0.2, 0.25) is 0 Å². The Hall–Kier alpha value is -1.13. The zero-order chi connectivity index (χ0) is 18.8. The van der Waals surface area contributed by atoms with Gasteiger partial charge in [-0.1, -0.05) is 12.8 Å². The molecule has 10 heteroatoms. The summed E-state index contributed by atoms with van der Waals surface area (Å²) < 4.78 is 77.1. The molecule has 1 unspecified atom stereocenters. The summed E-state index contributed by atoms with van der Waals surface area (Å²) in [5.74, 6) is 0. The van der Waals surface area contributed by atoms with Gasteiger partial charge in [0.1, 0.15) is 5.50 Å². The molecule has 0 aromatic heterocycles. The van der Waals surface area contributed by atoms with Gasteiger partial charge < -0.3 is 11.1 Å². The lowest BCUT2D eigenvalue weighted by atomic mass is 9.91. The van der Waals surface area contributed by atoms with E-state index in [0.717, 1.165) is 25.7 Å². The van der Waals surface area contributed by atoms with E-state index < -0.39 is 29.0 Å². The van der Waals surface area contributed by atoms with Crippen LogP contribution in [0.25, 0.3) is 0 Å². The molecule has 1 fully saturated rings. The minimum absolute atomic E-state index is 0.0865. The van der Waals surface area contributed by atoms with E-state index in [1.165, 1.54) is 0 Å². The van der Waals surface area contributed by atoms with Crippen molar-refractivity contribution in [2.45, 2.75) is 55.6 Å². The van der Waals surface area contributed by atoms with Gasteiger partial charge in [0.05, 0.1) is 11.1 Å². The van der Waals surface area contributed by atoms with Gasteiger partial charge in [-0.3, -0.25) is 5.32 Å². The molecule has 0 spiro atoms. The highest BCUT2D eigenvalue weighted by molar-refractivity contribution is 7.81. The lowest BCUT2D eigenvalue weighted by molar-refractivity contribution is -0.143. The molecule has 25 heavy (non-hydrogen) atoms. The van der Waals surface area contributed by atoms with Gasteiger partial charge in [0.25, 0.3) is 0 Å². The Morgan fingerprint density at radius 2 is 1.48 bits per heavy atom. The summed E-state index contributed by atoms with van der Waals surface area (Å²) in [4.78, 5) is 0. The molecule has 1 saturated carbocycles. The zero-order valence-electron chi connectivity index (χ0n) is 13.1. The first-order valence-electron chi connectivity index (χ1n) is 7.72. The minimum atomic E-state index is -4.89. The molecule has 0 radical (unpaired) electrons. The normalized spacial score (nSPS) is 23.4. The Balaban J connectivity index is 2.17. The molecule has 0 heterocycles. The van der Waals surface area contributed by atoms with Crippen molar-refractivity contribution in [2.24, 2.45) is 5.73 Å². The Labute approximate surface area is 146 Å². The number of anilines is 1. The van der Waals surface area contributed by atoms with Crippen molar-refractivity contribution in [1.29, 1.82) is 0 Å². The van der Waals surface area contributed by atoms with E-state index in [1.807, 2.05) is 0 Å². The average molecular weight is 387 g/mol. The van der Waals surface area contributed by atoms with Crippen LogP contribution in [0.4, 0.5) is 32.0 Å². The van der Waals surface area contributed by atoms with Gasteiger partial charge in [-0.05, 0) is 31.0 Å². The number of hydrogen-bond acceptors (Lipinski definition) is 4. The SMILES string of the molecule is N[C@H]1CCCC[C@@H]1NC(S)Nc1cc(C(F)(F)F)cc(C(F)(F)F)c1. The zero-order valence-corrected chi connectivity index (χ0v) is 14.0. The molecule has 1 aromatic rings. The van der Waals surface area contributed by atoms with Crippen molar-refractivity contribution >= 4 is 18.3 Å². The largest absolute Gasteiger partial charge is 0.416 e. The molecule has 142 valence electrons. The Morgan fingerprint density at radius 1 is 0.960 bits per heavy atom. The van der Waals surface area contributed by atoms with E-state index in [2.05, 4.69) is 23.3 Å². The number of hydrogen-bond donors (Lipinski definition) is 4. The van der Waals surface area contributed by atoms with Crippen LogP contribution in [0, 0.1) is 0 Å². The Bertz CT molecular complexity index is 557. The fourth-order valence-corrected chi connectivity index (χ4v) is 3.15.